The Labute approximate surface area is 67.8 Å². The number of nitrogens with zero attached hydrogens (tertiary/aromatic N) is 1. The normalized spacial score (nSPS) is 19.5. The van der Waals surface area contributed by atoms with Gasteiger partial charge in [0.15, 0.2) is 0 Å². The highest BCUT2D eigenvalue weighted by Gasteiger charge is 2.10. The lowest BCUT2D eigenvalue weighted by Crippen LogP contribution is -2.24. The molecule has 0 bridgehead atoms. The van der Waals surface area contributed by atoms with E-state index in [1.165, 1.54) is 5.57 Å². The van der Waals surface area contributed by atoms with E-state index in [1.807, 2.05) is 0 Å². The van der Waals surface area contributed by atoms with Crippen LogP contribution in [0.4, 0.5) is 0 Å². The van der Waals surface area contributed by atoms with Crippen molar-refractivity contribution in [1.29, 1.82) is 0 Å². The van der Waals surface area contributed by atoms with Gasteiger partial charge in [-0.2, -0.15) is 0 Å². The van der Waals surface area contributed by atoms with Crippen molar-refractivity contribution in [3.63, 3.8) is 0 Å². The van der Waals surface area contributed by atoms with Crippen LogP contribution in [-0.2, 0) is 4.74 Å². The summed E-state index contributed by atoms with van der Waals surface area (Å²) in [5.74, 6) is 0. The second kappa shape index (κ2) is 3.74. The Hall–Kier alpha value is -0.540. The summed E-state index contributed by atoms with van der Waals surface area (Å²) in [6.45, 7) is 2.41. The topological polar surface area (TPSA) is 38.5 Å². The van der Waals surface area contributed by atoms with Crippen LogP contribution in [0.3, 0.4) is 0 Å². The molecule has 0 spiro atoms. The highest BCUT2D eigenvalue weighted by atomic mass is 16.5. The SMILES string of the molecule is CN(C)CC1=C(N)COCC1. The third kappa shape index (κ3) is 2.52. The fourth-order valence-electron chi connectivity index (χ4n) is 1.20. The maximum absolute atomic E-state index is 5.76. The van der Waals surface area contributed by atoms with E-state index in [4.69, 9.17) is 10.5 Å². The molecule has 0 unspecified atom stereocenters. The summed E-state index contributed by atoms with van der Waals surface area (Å²) in [7, 11) is 4.10. The molecule has 0 atom stereocenters. The Balaban J connectivity index is 2.52. The molecule has 64 valence electrons. The quantitative estimate of drug-likeness (QED) is 0.620. The maximum Gasteiger partial charge on any atom is 0.0860 e. The van der Waals surface area contributed by atoms with Gasteiger partial charge in [-0.05, 0) is 26.1 Å². The van der Waals surface area contributed by atoms with Gasteiger partial charge in [-0.1, -0.05) is 0 Å². The Morgan fingerprint density at radius 3 is 2.82 bits per heavy atom. The van der Waals surface area contributed by atoms with Gasteiger partial charge in [0.25, 0.3) is 0 Å². The number of ether oxygens (including phenoxy) is 1. The van der Waals surface area contributed by atoms with Gasteiger partial charge in [-0.25, -0.2) is 0 Å². The Morgan fingerprint density at radius 1 is 1.55 bits per heavy atom. The van der Waals surface area contributed by atoms with Crippen molar-refractivity contribution in [1.82, 2.24) is 4.90 Å². The van der Waals surface area contributed by atoms with Gasteiger partial charge >= 0.3 is 0 Å². The molecule has 0 saturated heterocycles. The third-order valence-corrected chi connectivity index (χ3v) is 1.77. The first-order valence-corrected chi connectivity index (χ1v) is 3.89. The summed E-state index contributed by atoms with van der Waals surface area (Å²) in [5.41, 5.74) is 8.01. The van der Waals surface area contributed by atoms with Gasteiger partial charge in [0.1, 0.15) is 0 Å². The van der Waals surface area contributed by atoms with Crippen molar-refractivity contribution in [2.75, 3.05) is 33.9 Å². The van der Waals surface area contributed by atoms with Gasteiger partial charge in [0, 0.05) is 12.2 Å². The first-order chi connectivity index (χ1) is 5.20. The third-order valence-electron chi connectivity index (χ3n) is 1.77. The van der Waals surface area contributed by atoms with Crippen molar-refractivity contribution in [2.45, 2.75) is 6.42 Å². The molecule has 11 heavy (non-hydrogen) atoms. The molecule has 0 aromatic heterocycles. The fourth-order valence-corrected chi connectivity index (χ4v) is 1.20. The van der Waals surface area contributed by atoms with Gasteiger partial charge in [0.2, 0.25) is 0 Å². The average Bonchev–Trinajstić information content (AvgIpc) is 1.93. The van der Waals surface area contributed by atoms with Crippen molar-refractivity contribution in [2.24, 2.45) is 5.73 Å². The zero-order valence-electron chi connectivity index (χ0n) is 7.26. The molecular formula is C8H16N2O. The van der Waals surface area contributed by atoms with Crippen LogP contribution in [0.25, 0.3) is 0 Å². The minimum atomic E-state index is 0.614. The summed E-state index contributed by atoms with van der Waals surface area (Å²) < 4.78 is 5.19. The number of hydrogen-bond donors (Lipinski definition) is 1. The molecule has 1 aliphatic heterocycles. The molecule has 0 amide bonds. The molecule has 1 heterocycles. The highest BCUT2D eigenvalue weighted by molar-refractivity contribution is 5.15. The Kier molecular flexibility index (Phi) is 2.91. The zero-order chi connectivity index (χ0) is 8.27. The molecule has 3 nitrogen and oxygen atoms in total. The lowest BCUT2D eigenvalue weighted by atomic mass is 10.1. The Morgan fingerprint density at radius 2 is 2.27 bits per heavy atom. The minimum absolute atomic E-state index is 0.614. The molecule has 0 aliphatic carbocycles. The smallest absolute Gasteiger partial charge is 0.0860 e. The van der Waals surface area contributed by atoms with E-state index in [0.29, 0.717) is 6.61 Å². The van der Waals surface area contributed by atoms with Crippen LogP contribution in [0.2, 0.25) is 0 Å². The van der Waals surface area contributed by atoms with E-state index in [9.17, 15) is 0 Å². The largest absolute Gasteiger partial charge is 0.400 e. The van der Waals surface area contributed by atoms with Gasteiger partial charge in [0.05, 0.1) is 13.2 Å². The summed E-state index contributed by atoms with van der Waals surface area (Å²) in [5, 5.41) is 0. The van der Waals surface area contributed by atoms with E-state index in [0.717, 1.165) is 25.3 Å². The van der Waals surface area contributed by atoms with Gasteiger partial charge < -0.3 is 15.4 Å². The Bertz CT molecular complexity index is 163. The number of nitrogens with two attached hydrogens (primary N) is 1. The van der Waals surface area contributed by atoms with E-state index in [2.05, 4.69) is 19.0 Å². The molecular weight excluding hydrogens is 140 g/mol. The fraction of sp³-hybridized carbons (Fsp3) is 0.750. The second-order valence-electron chi connectivity index (χ2n) is 3.17. The lowest BCUT2D eigenvalue weighted by Gasteiger charge is -2.20. The molecule has 0 saturated carbocycles. The molecule has 2 N–H and O–H groups in total. The van der Waals surface area contributed by atoms with E-state index < -0.39 is 0 Å². The molecule has 0 fully saturated rings. The second-order valence-corrected chi connectivity index (χ2v) is 3.17. The first-order valence-electron chi connectivity index (χ1n) is 3.89. The average molecular weight is 156 g/mol. The number of likely N-dealkylation sites (N-methyl/N-ethyl adjacent to an activating group) is 1. The standard InChI is InChI=1S/C8H16N2O/c1-10(2)5-7-3-4-11-6-8(7)9/h3-6,9H2,1-2H3. The van der Waals surface area contributed by atoms with Crippen LogP contribution in [0.15, 0.2) is 11.3 Å². The predicted octanol–water partition coefficient (Wildman–Crippen LogP) is 0.181. The monoisotopic (exact) mass is 156 g/mol. The van der Waals surface area contributed by atoms with Crippen molar-refractivity contribution in [3.8, 4) is 0 Å². The van der Waals surface area contributed by atoms with Gasteiger partial charge in [-0.15, -0.1) is 0 Å². The van der Waals surface area contributed by atoms with Crippen molar-refractivity contribution >= 4 is 0 Å². The maximum atomic E-state index is 5.76. The van der Waals surface area contributed by atoms with Crippen LogP contribution in [0.1, 0.15) is 6.42 Å². The zero-order valence-corrected chi connectivity index (χ0v) is 7.26. The summed E-state index contributed by atoms with van der Waals surface area (Å²) in [4.78, 5) is 2.13. The van der Waals surface area contributed by atoms with Crippen LogP contribution in [-0.4, -0.2) is 38.8 Å². The van der Waals surface area contributed by atoms with E-state index in [1.54, 1.807) is 0 Å². The minimum Gasteiger partial charge on any atom is -0.400 e. The van der Waals surface area contributed by atoms with Crippen LogP contribution in [0, 0.1) is 0 Å². The summed E-state index contributed by atoms with van der Waals surface area (Å²) >= 11 is 0. The van der Waals surface area contributed by atoms with E-state index >= 15 is 0 Å². The van der Waals surface area contributed by atoms with Crippen LogP contribution < -0.4 is 5.73 Å². The highest BCUT2D eigenvalue weighted by Crippen LogP contribution is 2.11. The number of hydrogen-bond acceptors (Lipinski definition) is 3. The molecule has 0 radical (unpaired) electrons. The van der Waals surface area contributed by atoms with Crippen LogP contribution >= 0.6 is 0 Å². The summed E-state index contributed by atoms with van der Waals surface area (Å²) in [6, 6.07) is 0. The van der Waals surface area contributed by atoms with Crippen molar-refractivity contribution < 1.29 is 4.74 Å². The molecule has 1 rings (SSSR count). The first kappa shape index (κ1) is 8.56. The summed E-state index contributed by atoms with van der Waals surface area (Å²) in [6.07, 6.45) is 0.990. The predicted molar refractivity (Wildman–Crippen MR) is 45.2 cm³/mol. The molecule has 0 aromatic carbocycles. The van der Waals surface area contributed by atoms with Gasteiger partial charge in [-0.3, -0.25) is 0 Å². The van der Waals surface area contributed by atoms with E-state index in [-0.39, 0.29) is 0 Å². The number of rotatable bonds is 2. The molecule has 0 aromatic rings. The molecule has 3 heteroatoms. The lowest BCUT2D eigenvalue weighted by molar-refractivity contribution is 0.142. The van der Waals surface area contributed by atoms with Crippen molar-refractivity contribution in [3.05, 3.63) is 11.3 Å². The molecule has 1 aliphatic rings. The van der Waals surface area contributed by atoms with Crippen LogP contribution in [0.5, 0.6) is 0 Å².